The first kappa shape index (κ1) is 17.8. The predicted molar refractivity (Wildman–Crippen MR) is 105 cm³/mol. The number of aryl methyl sites for hydroxylation is 1. The summed E-state index contributed by atoms with van der Waals surface area (Å²) < 4.78 is 2.05. The van der Waals surface area contributed by atoms with E-state index in [9.17, 15) is 4.79 Å². The molecule has 4 heterocycles. The number of fused-ring (bicyclic) bond motifs is 1. The van der Waals surface area contributed by atoms with Gasteiger partial charge in [-0.1, -0.05) is 0 Å². The summed E-state index contributed by atoms with van der Waals surface area (Å²) in [5.41, 5.74) is 3.68. The molecule has 0 bridgehead atoms. The van der Waals surface area contributed by atoms with E-state index in [2.05, 4.69) is 25.9 Å². The molecule has 1 atom stereocenters. The maximum Gasteiger partial charge on any atom is 0.155 e. The molecule has 0 aliphatic carbocycles. The van der Waals surface area contributed by atoms with Crippen LogP contribution in [0.1, 0.15) is 31.3 Å². The third-order valence-electron chi connectivity index (χ3n) is 5.65. The van der Waals surface area contributed by atoms with Gasteiger partial charge in [0.1, 0.15) is 5.82 Å². The maximum absolute atomic E-state index is 12.7. The van der Waals surface area contributed by atoms with Crippen molar-refractivity contribution in [2.75, 3.05) is 13.1 Å². The Morgan fingerprint density at radius 1 is 1.11 bits per heavy atom. The van der Waals surface area contributed by atoms with E-state index in [0.717, 1.165) is 46.8 Å². The molecular formula is C21H25N5O. The summed E-state index contributed by atoms with van der Waals surface area (Å²) in [6.45, 7) is 6.04. The van der Waals surface area contributed by atoms with E-state index in [0.29, 0.717) is 6.42 Å². The van der Waals surface area contributed by atoms with Gasteiger partial charge in [0.2, 0.25) is 0 Å². The predicted octanol–water partition coefficient (Wildman–Crippen LogP) is 2.93. The van der Waals surface area contributed by atoms with Crippen LogP contribution in [-0.4, -0.2) is 49.3 Å². The molecule has 0 saturated carbocycles. The van der Waals surface area contributed by atoms with Crippen LogP contribution in [0.15, 0.2) is 30.7 Å². The Morgan fingerprint density at radius 2 is 1.89 bits per heavy atom. The lowest BCUT2D eigenvalue weighted by Gasteiger charge is -2.22. The number of carbonyl (C=O) groups is 1. The number of hydrogen-bond acceptors (Lipinski definition) is 5. The van der Waals surface area contributed by atoms with Gasteiger partial charge in [0.25, 0.3) is 0 Å². The Balaban J connectivity index is 1.59. The molecule has 6 heteroatoms. The molecule has 4 rings (SSSR count). The van der Waals surface area contributed by atoms with Crippen molar-refractivity contribution < 1.29 is 4.79 Å². The summed E-state index contributed by atoms with van der Waals surface area (Å²) in [6.07, 6.45) is 8.21. The van der Waals surface area contributed by atoms with Gasteiger partial charge in [0.15, 0.2) is 5.78 Å². The summed E-state index contributed by atoms with van der Waals surface area (Å²) in [7, 11) is 2.00. The summed E-state index contributed by atoms with van der Waals surface area (Å²) in [6, 6.07) is 4.05. The molecule has 1 saturated heterocycles. The molecule has 3 aromatic heterocycles. The molecule has 1 fully saturated rings. The van der Waals surface area contributed by atoms with Crippen LogP contribution in [0.25, 0.3) is 22.2 Å². The van der Waals surface area contributed by atoms with Gasteiger partial charge in [0, 0.05) is 29.9 Å². The smallest absolute Gasteiger partial charge is 0.155 e. The molecule has 0 radical (unpaired) electrons. The van der Waals surface area contributed by atoms with Crippen LogP contribution in [0.3, 0.4) is 0 Å². The third kappa shape index (κ3) is 3.49. The Morgan fingerprint density at radius 3 is 2.59 bits per heavy atom. The first-order valence-electron chi connectivity index (χ1n) is 9.53. The van der Waals surface area contributed by atoms with E-state index in [-0.39, 0.29) is 11.8 Å². The number of pyridine rings is 2. The van der Waals surface area contributed by atoms with Crippen molar-refractivity contribution in [3.05, 3.63) is 42.2 Å². The first-order chi connectivity index (χ1) is 13.0. The number of imidazole rings is 1. The molecule has 0 N–H and O–H groups in total. The normalized spacial score (nSPS) is 16.1. The molecule has 6 nitrogen and oxygen atoms in total. The lowest BCUT2D eigenvalue weighted by molar-refractivity contribution is -0.122. The van der Waals surface area contributed by atoms with E-state index in [1.165, 1.54) is 12.8 Å². The summed E-state index contributed by atoms with van der Waals surface area (Å²) in [5, 5.41) is 0.998. The van der Waals surface area contributed by atoms with E-state index in [1.807, 2.05) is 43.9 Å². The van der Waals surface area contributed by atoms with Gasteiger partial charge in [-0.15, -0.1) is 0 Å². The Hall–Kier alpha value is -2.60. The molecule has 1 aliphatic heterocycles. The van der Waals surface area contributed by atoms with Crippen molar-refractivity contribution in [2.24, 2.45) is 7.05 Å². The minimum atomic E-state index is -0.0353. The second-order valence-electron chi connectivity index (χ2n) is 7.40. The van der Waals surface area contributed by atoms with Gasteiger partial charge in [-0.25, -0.2) is 4.98 Å². The largest absolute Gasteiger partial charge is 0.331 e. The van der Waals surface area contributed by atoms with Crippen LogP contribution in [-0.2, 0) is 18.3 Å². The highest BCUT2D eigenvalue weighted by Crippen LogP contribution is 2.23. The summed E-state index contributed by atoms with van der Waals surface area (Å²) >= 11 is 0. The zero-order chi connectivity index (χ0) is 19.0. The monoisotopic (exact) mass is 363 g/mol. The fourth-order valence-corrected chi connectivity index (χ4v) is 3.74. The van der Waals surface area contributed by atoms with Gasteiger partial charge in [-0.05, 0) is 51.9 Å². The maximum atomic E-state index is 12.7. The van der Waals surface area contributed by atoms with Gasteiger partial charge >= 0.3 is 0 Å². The fraction of sp³-hybridized carbons (Fsp3) is 0.429. The Kier molecular flexibility index (Phi) is 4.74. The molecule has 0 spiro atoms. The number of ketones is 1. The van der Waals surface area contributed by atoms with Crippen molar-refractivity contribution in [3.8, 4) is 11.3 Å². The SMILES string of the molecule is Cc1ncc(-c2cnc3cnc(CC(=O)C(C)N4CCCC4)cc3c2)n1C. The molecule has 140 valence electrons. The fourth-order valence-electron chi connectivity index (χ4n) is 3.74. The number of carbonyl (C=O) groups excluding carboxylic acids is 1. The topological polar surface area (TPSA) is 63.9 Å². The van der Waals surface area contributed by atoms with Crippen LogP contribution in [0.5, 0.6) is 0 Å². The molecular weight excluding hydrogens is 338 g/mol. The van der Waals surface area contributed by atoms with Crippen LogP contribution < -0.4 is 0 Å². The zero-order valence-corrected chi connectivity index (χ0v) is 16.1. The minimum Gasteiger partial charge on any atom is -0.331 e. The molecule has 3 aromatic rings. The van der Waals surface area contributed by atoms with E-state index in [1.54, 1.807) is 6.20 Å². The lowest BCUT2D eigenvalue weighted by atomic mass is 10.1. The zero-order valence-electron chi connectivity index (χ0n) is 16.1. The van der Waals surface area contributed by atoms with Crippen LogP contribution in [0, 0.1) is 6.92 Å². The quantitative estimate of drug-likeness (QED) is 0.697. The highest BCUT2D eigenvalue weighted by molar-refractivity contribution is 5.87. The van der Waals surface area contributed by atoms with E-state index < -0.39 is 0 Å². The molecule has 0 aromatic carbocycles. The number of nitrogens with zero attached hydrogens (tertiary/aromatic N) is 5. The second kappa shape index (κ2) is 7.19. The van der Waals surface area contributed by atoms with Crippen molar-refractivity contribution in [1.29, 1.82) is 0 Å². The van der Waals surface area contributed by atoms with Crippen LogP contribution >= 0.6 is 0 Å². The number of hydrogen-bond donors (Lipinski definition) is 0. The van der Waals surface area contributed by atoms with Crippen molar-refractivity contribution in [2.45, 2.75) is 39.2 Å². The average molecular weight is 363 g/mol. The standard InChI is InChI=1S/C21H25N5O/c1-14(26-6-4-5-7-26)21(27)10-18-9-16-8-17(11-24-19(16)12-23-18)20-13-22-15(2)25(20)3/h8-9,11-14H,4-7,10H2,1-3H3. The Bertz CT molecular complexity index is 987. The number of likely N-dealkylation sites (tertiary alicyclic amines) is 1. The van der Waals surface area contributed by atoms with Crippen LogP contribution in [0.2, 0.25) is 0 Å². The van der Waals surface area contributed by atoms with E-state index >= 15 is 0 Å². The third-order valence-corrected chi connectivity index (χ3v) is 5.65. The number of aromatic nitrogens is 4. The van der Waals surface area contributed by atoms with Gasteiger partial charge in [-0.3, -0.25) is 19.7 Å². The van der Waals surface area contributed by atoms with Crippen molar-refractivity contribution in [1.82, 2.24) is 24.4 Å². The molecule has 1 aliphatic rings. The molecule has 27 heavy (non-hydrogen) atoms. The lowest BCUT2D eigenvalue weighted by Crippen LogP contribution is -2.37. The highest BCUT2D eigenvalue weighted by atomic mass is 16.1. The van der Waals surface area contributed by atoms with Crippen molar-refractivity contribution in [3.63, 3.8) is 0 Å². The summed E-state index contributed by atoms with van der Waals surface area (Å²) in [4.78, 5) is 28.3. The van der Waals surface area contributed by atoms with Crippen molar-refractivity contribution >= 4 is 16.7 Å². The number of Topliss-reactive ketones (excluding diaryl/α,β-unsaturated/α-hetero) is 1. The Labute approximate surface area is 159 Å². The molecule has 0 amide bonds. The first-order valence-corrected chi connectivity index (χ1v) is 9.53. The summed E-state index contributed by atoms with van der Waals surface area (Å²) in [5.74, 6) is 1.19. The van der Waals surface area contributed by atoms with Crippen LogP contribution in [0.4, 0.5) is 0 Å². The number of rotatable bonds is 5. The highest BCUT2D eigenvalue weighted by Gasteiger charge is 2.24. The van der Waals surface area contributed by atoms with E-state index in [4.69, 9.17) is 0 Å². The molecule has 1 unspecified atom stereocenters. The van der Waals surface area contributed by atoms with Gasteiger partial charge < -0.3 is 4.57 Å². The van der Waals surface area contributed by atoms with Gasteiger partial charge in [-0.2, -0.15) is 0 Å². The van der Waals surface area contributed by atoms with Gasteiger partial charge in [0.05, 0.1) is 36.1 Å². The second-order valence-corrected chi connectivity index (χ2v) is 7.40. The average Bonchev–Trinajstić information content (AvgIpc) is 3.31. The minimum absolute atomic E-state index is 0.0353.